The quantitative estimate of drug-likeness (QED) is 0.223. The first-order chi connectivity index (χ1) is 20.8. The molecule has 13 nitrogen and oxygen atoms in total. The highest BCUT2D eigenvalue weighted by molar-refractivity contribution is 7.52. The number of nitrogen functional groups attached to an aromatic ring is 1. The highest BCUT2D eigenvalue weighted by atomic mass is 35.5. The van der Waals surface area contributed by atoms with Crippen LogP contribution >= 0.6 is 19.3 Å². The smallest absolute Gasteiger partial charge is 0.459 e. The molecule has 0 amide bonds. The molecule has 0 bridgehead atoms. The predicted octanol–water partition coefficient (Wildman–Crippen LogP) is 4.38. The van der Waals surface area contributed by atoms with Crippen LogP contribution in [0.1, 0.15) is 45.5 Å². The van der Waals surface area contributed by atoms with E-state index in [1.54, 1.807) is 70.2 Å². The highest BCUT2D eigenvalue weighted by Gasteiger charge is 2.64. The van der Waals surface area contributed by atoms with Crippen molar-refractivity contribution in [3.63, 3.8) is 0 Å². The molecule has 1 unspecified atom stereocenters. The maximum atomic E-state index is 14.5. The lowest BCUT2D eigenvalue weighted by molar-refractivity contribution is -0.217. The summed E-state index contributed by atoms with van der Waals surface area (Å²) in [5, 5.41) is 3.20. The van der Waals surface area contributed by atoms with Gasteiger partial charge in [-0.3, -0.25) is 9.09 Å². The minimum atomic E-state index is -4.37. The van der Waals surface area contributed by atoms with E-state index >= 15 is 0 Å². The fraction of sp³-hybridized carbons (Fsp3) is 0.414. The first-order valence-electron chi connectivity index (χ1n) is 13.9. The molecule has 0 radical (unpaired) electrons. The molecule has 2 aromatic carbocycles. The first kappa shape index (κ1) is 32.1. The van der Waals surface area contributed by atoms with Crippen molar-refractivity contribution < 1.29 is 37.4 Å². The van der Waals surface area contributed by atoms with Crippen LogP contribution in [0, 0.1) is 0 Å². The molecule has 0 aliphatic carbocycles. The average molecular weight is 649 g/mol. The van der Waals surface area contributed by atoms with Crippen LogP contribution in [-0.4, -0.2) is 52.3 Å². The molecule has 2 fully saturated rings. The van der Waals surface area contributed by atoms with Gasteiger partial charge in [-0.1, -0.05) is 41.9 Å². The molecule has 0 saturated carbocycles. The second kappa shape index (κ2) is 12.6. The fourth-order valence-corrected chi connectivity index (χ4v) is 6.92. The van der Waals surface area contributed by atoms with Crippen LogP contribution in [0.2, 0.25) is 5.02 Å². The van der Waals surface area contributed by atoms with Gasteiger partial charge < -0.3 is 29.2 Å². The number of benzene rings is 2. The van der Waals surface area contributed by atoms with Crippen molar-refractivity contribution in [1.82, 2.24) is 14.6 Å². The Hall–Kier alpha value is -3.29. The summed E-state index contributed by atoms with van der Waals surface area (Å²) >= 11 is 6.03. The third-order valence-electron chi connectivity index (χ3n) is 7.07. The summed E-state index contributed by atoms with van der Waals surface area (Å²) in [7, 11) is -4.37. The van der Waals surface area contributed by atoms with Gasteiger partial charge in [0.05, 0.1) is 13.2 Å². The van der Waals surface area contributed by atoms with E-state index in [0.29, 0.717) is 10.6 Å². The number of anilines is 1. The van der Waals surface area contributed by atoms with Crippen LogP contribution in [0.15, 0.2) is 71.7 Å². The van der Waals surface area contributed by atoms with Crippen LogP contribution in [0.3, 0.4) is 0 Å². The van der Waals surface area contributed by atoms with Crippen molar-refractivity contribution in [2.24, 2.45) is 0 Å². The van der Waals surface area contributed by atoms with Gasteiger partial charge in [-0.25, -0.2) is 14.2 Å². The molecule has 236 valence electrons. The lowest BCUT2D eigenvalue weighted by atomic mass is 9.96. The summed E-state index contributed by atoms with van der Waals surface area (Å²) in [5.74, 6) is -1.52. The van der Waals surface area contributed by atoms with Crippen molar-refractivity contribution in [2.45, 2.75) is 63.6 Å². The molecule has 2 aliphatic rings. The number of esters is 1. The molecular formula is C29H34ClN4O9P. The Morgan fingerprint density at radius 2 is 1.86 bits per heavy atom. The number of aromatic nitrogens is 2. The number of nitrogens with zero attached hydrogens (tertiary/aromatic N) is 2. The number of ether oxygens (including phenoxy) is 4. The molecule has 3 N–H and O–H groups in total. The van der Waals surface area contributed by atoms with Gasteiger partial charge in [-0.15, -0.1) is 0 Å². The Labute approximate surface area is 259 Å². The SMILES string of the molecule is CCOC(=O)[C@@H](NP(=O)(OC[C@H]1O[C@@H](n2ccc(N)nc2=O)[C@]2(C)OC(C)(C)O[C@H]12)Oc1ccc(Cl)cc1)c1ccccc1. The number of carbonyl (C=O) groups is 1. The Morgan fingerprint density at radius 1 is 1.16 bits per heavy atom. The fourth-order valence-electron chi connectivity index (χ4n) is 5.30. The predicted molar refractivity (Wildman–Crippen MR) is 160 cm³/mol. The van der Waals surface area contributed by atoms with E-state index < -0.39 is 55.3 Å². The number of rotatable bonds is 11. The van der Waals surface area contributed by atoms with Crippen molar-refractivity contribution in [3.05, 3.63) is 87.9 Å². The minimum Gasteiger partial charge on any atom is -0.465 e. The summed E-state index contributed by atoms with van der Waals surface area (Å²) < 4.78 is 51.5. The molecule has 6 atom stereocenters. The van der Waals surface area contributed by atoms with Gasteiger partial charge in [-0.05, 0) is 63.6 Å². The zero-order chi connectivity index (χ0) is 31.7. The van der Waals surface area contributed by atoms with E-state index in [0.717, 1.165) is 0 Å². The Bertz CT molecular complexity index is 1590. The lowest BCUT2D eigenvalue weighted by Gasteiger charge is -2.30. The van der Waals surface area contributed by atoms with E-state index in [9.17, 15) is 14.2 Å². The topological polar surface area (TPSA) is 162 Å². The Balaban J connectivity index is 1.46. The maximum Gasteiger partial charge on any atom is 0.459 e. The van der Waals surface area contributed by atoms with Crippen molar-refractivity contribution in [2.75, 3.05) is 18.9 Å². The molecular weight excluding hydrogens is 615 g/mol. The van der Waals surface area contributed by atoms with E-state index in [-0.39, 0.29) is 24.8 Å². The zero-order valence-electron chi connectivity index (χ0n) is 24.5. The third-order valence-corrected chi connectivity index (χ3v) is 8.83. The number of carbonyl (C=O) groups excluding carboxylic acids is 1. The summed E-state index contributed by atoms with van der Waals surface area (Å²) in [6.45, 7) is 6.61. The zero-order valence-corrected chi connectivity index (χ0v) is 26.2. The molecule has 15 heteroatoms. The number of nitrogens with one attached hydrogen (secondary N) is 1. The van der Waals surface area contributed by atoms with Crippen LogP contribution in [0.25, 0.3) is 0 Å². The van der Waals surface area contributed by atoms with Crippen molar-refractivity contribution in [3.8, 4) is 5.75 Å². The average Bonchev–Trinajstić information content (AvgIpc) is 3.37. The Morgan fingerprint density at radius 3 is 2.52 bits per heavy atom. The van der Waals surface area contributed by atoms with Gasteiger partial charge in [0, 0.05) is 11.2 Å². The molecule has 3 heterocycles. The van der Waals surface area contributed by atoms with E-state index in [1.807, 2.05) is 0 Å². The molecule has 3 aromatic rings. The van der Waals surface area contributed by atoms with Crippen LogP contribution in [-0.2, 0) is 32.8 Å². The lowest BCUT2D eigenvalue weighted by Crippen LogP contribution is -2.45. The molecule has 1 aromatic heterocycles. The van der Waals surface area contributed by atoms with Gasteiger partial charge in [0.15, 0.2) is 12.0 Å². The Kier molecular flexibility index (Phi) is 9.20. The van der Waals surface area contributed by atoms with Gasteiger partial charge in [0.25, 0.3) is 0 Å². The first-order valence-corrected chi connectivity index (χ1v) is 15.8. The van der Waals surface area contributed by atoms with Crippen LogP contribution < -0.4 is 21.0 Å². The third kappa shape index (κ3) is 6.84. The van der Waals surface area contributed by atoms with E-state index in [1.165, 1.54) is 29.0 Å². The summed E-state index contributed by atoms with van der Waals surface area (Å²) in [5.41, 5.74) is 4.34. The summed E-state index contributed by atoms with van der Waals surface area (Å²) in [6.07, 6.45) is -1.22. The normalized spacial score (nSPS) is 26.0. The highest BCUT2D eigenvalue weighted by Crippen LogP contribution is 2.53. The second-order valence-corrected chi connectivity index (χ2v) is 13.0. The van der Waals surface area contributed by atoms with Gasteiger partial charge >= 0.3 is 19.4 Å². The van der Waals surface area contributed by atoms with E-state index in [2.05, 4.69) is 10.1 Å². The molecule has 2 aliphatic heterocycles. The number of fused-ring (bicyclic) bond motifs is 1. The second-order valence-electron chi connectivity index (χ2n) is 10.9. The standard InChI is InChI=1S/C29H34ClN4O9P/c1-5-38-25(35)23(18-9-7-6-8-10-18)33-44(37,42-20-13-11-19(30)12-14-20)39-17-21-24-29(4,43-28(2,3)41-24)26(40-21)34-16-15-22(31)32-27(34)36/h6-16,21,23-24,26H,5,17H2,1-4H3,(H,33,37)(H2,31,32,36)/t21-,23+,24-,26-,29-,44?/m1/s1. The molecule has 0 spiro atoms. The maximum absolute atomic E-state index is 14.5. The number of halogens is 1. The molecule has 5 rings (SSSR count). The van der Waals surface area contributed by atoms with Gasteiger partial charge in [-0.2, -0.15) is 10.1 Å². The van der Waals surface area contributed by atoms with E-state index in [4.69, 9.17) is 45.3 Å². The number of nitrogens with two attached hydrogens (primary N) is 1. The molecule has 44 heavy (non-hydrogen) atoms. The number of hydrogen-bond acceptors (Lipinski definition) is 11. The van der Waals surface area contributed by atoms with Crippen LogP contribution in [0.4, 0.5) is 5.82 Å². The van der Waals surface area contributed by atoms with Gasteiger partial charge in [0.2, 0.25) is 0 Å². The largest absolute Gasteiger partial charge is 0.465 e. The van der Waals surface area contributed by atoms with Gasteiger partial charge in [0.1, 0.15) is 35.4 Å². The summed E-state index contributed by atoms with van der Waals surface area (Å²) in [6, 6.07) is 15.0. The van der Waals surface area contributed by atoms with Crippen molar-refractivity contribution in [1.29, 1.82) is 0 Å². The summed E-state index contributed by atoms with van der Waals surface area (Å²) in [4.78, 5) is 29.6. The molecule has 2 saturated heterocycles. The van der Waals surface area contributed by atoms with Crippen molar-refractivity contribution >= 4 is 31.1 Å². The van der Waals surface area contributed by atoms with Crippen LogP contribution in [0.5, 0.6) is 5.75 Å². The number of hydrogen-bond donors (Lipinski definition) is 2. The minimum absolute atomic E-state index is 0.0516. The monoisotopic (exact) mass is 648 g/mol.